The maximum atomic E-state index is 14.4. The first-order valence-electron chi connectivity index (χ1n) is 6.89. The lowest BCUT2D eigenvalue weighted by molar-refractivity contribution is 0.403. The van der Waals surface area contributed by atoms with Crippen molar-refractivity contribution < 1.29 is 9.13 Å². The summed E-state index contributed by atoms with van der Waals surface area (Å²) < 4.78 is 20.7. The Balaban J connectivity index is 2.55. The van der Waals surface area contributed by atoms with E-state index in [1.54, 1.807) is 13.2 Å². The Morgan fingerprint density at radius 2 is 1.95 bits per heavy atom. The fraction of sp³-hybridized carbons (Fsp3) is 0.294. The highest BCUT2D eigenvalue weighted by Crippen LogP contribution is 2.33. The van der Waals surface area contributed by atoms with Crippen LogP contribution in [-0.4, -0.2) is 13.7 Å². The summed E-state index contributed by atoms with van der Waals surface area (Å²) >= 11 is 3.47. The predicted molar refractivity (Wildman–Crippen MR) is 87.4 cm³/mol. The van der Waals surface area contributed by atoms with Gasteiger partial charge in [0.2, 0.25) is 0 Å². The summed E-state index contributed by atoms with van der Waals surface area (Å²) in [6.07, 6.45) is 0. The van der Waals surface area contributed by atoms with E-state index in [-0.39, 0.29) is 11.9 Å². The summed E-state index contributed by atoms with van der Waals surface area (Å²) in [5.41, 5.74) is 2.45. The molecule has 0 spiro atoms. The van der Waals surface area contributed by atoms with Gasteiger partial charge in [-0.05, 0) is 43.3 Å². The van der Waals surface area contributed by atoms with E-state index in [4.69, 9.17) is 4.74 Å². The third-order valence-electron chi connectivity index (χ3n) is 3.38. The molecule has 0 fully saturated rings. The highest BCUT2D eigenvalue weighted by atomic mass is 79.9. The lowest BCUT2D eigenvalue weighted by atomic mass is 9.96. The van der Waals surface area contributed by atoms with Gasteiger partial charge in [0.15, 0.2) is 0 Å². The molecule has 2 aromatic rings. The molecule has 0 aliphatic carbocycles. The molecule has 21 heavy (non-hydrogen) atoms. The van der Waals surface area contributed by atoms with E-state index in [0.29, 0.717) is 5.56 Å². The Labute approximate surface area is 133 Å². The minimum Gasteiger partial charge on any atom is -0.496 e. The molecule has 1 N–H and O–H groups in total. The Morgan fingerprint density at radius 3 is 2.57 bits per heavy atom. The number of nitrogens with one attached hydrogen (secondary N) is 1. The second-order valence-corrected chi connectivity index (χ2v) is 5.82. The van der Waals surface area contributed by atoms with E-state index in [1.807, 2.05) is 44.2 Å². The molecule has 2 nitrogen and oxygen atoms in total. The van der Waals surface area contributed by atoms with E-state index in [0.717, 1.165) is 27.9 Å². The van der Waals surface area contributed by atoms with Gasteiger partial charge >= 0.3 is 0 Å². The van der Waals surface area contributed by atoms with Crippen LogP contribution in [0.15, 0.2) is 40.9 Å². The summed E-state index contributed by atoms with van der Waals surface area (Å²) in [6.45, 7) is 4.62. The molecular weight excluding hydrogens is 333 g/mol. The second-order valence-electron chi connectivity index (χ2n) is 4.90. The van der Waals surface area contributed by atoms with Crippen LogP contribution < -0.4 is 10.1 Å². The van der Waals surface area contributed by atoms with Crippen LogP contribution >= 0.6 is 15.9 Å². The van der Waals surface area contributed by atoms with Gasteiger partial charge in [-0.2, -0.15) is 0 Å². The Bertz CT molecular complexity index is 630. The van der Waals surface area contributed by atoms with Gasteiger partial charge in [-0.15, -0.1) is 0 Å². The molecule has 2 aromatic carbocycles. The van der Waals surface area contributed by atoms with E-state index in [9.17, 15) is 4.39 Å². The van der Waals surface area contributed by atoms with Crippen molar-refractivity contribution in [2.75, 3.05) is 13.7 Å². The second kappa shape index (κ2) is 7.05. The Hall–Kier alpha value is -1.39. The lowest BCUT2D eigenvalue weighted by Gasteiger charge is -2.22. The van der Waals surface area contributed by atoms with Crippen LogP contribution in [0.1, 0.15) is 29.7 Å². The van der Waals surface area contributed by atoms with Crippen LogP contribution in [0.2, 0.25) is 0 Å². The maximum Gasteiger partial charge on any atom is 0.128 e. The summed E-state index contributed by atoms with van der Waals surface area (Å²) in [7, 11) is 1.63. The van der Waals surface area contributed by atoms with E-state index in [2.05, 4.69) is 21.2 Å². The minimum atomic E-state index is -0.247. The Morgan fingerprint density at radius 1 is 1.19 bits per heavy atom. The molecule has 0 amide bonds. The van der Waals surface area contributed by atoms with Gasteiger partial charge in [0.25, 0.3) is 0 Å². The zero-order chi connectivity index (χ0) is 15.4. The van der Waals surface area contributed by atoms with Crippen LogP contribution in [0.5, 0.6) is 5.75 Å². The van der Waals surface area contributed by atoms with E-state index in [1.165, 1.54) is 0 Å². The zero-order valence-electron chi connectivity index (χ0n) is 12.4. The van der Waals surface area contributed by atoms with Gasteiger partial charge < -0.3 is 10.1 Å². The smallest absolute Gasteiger partial charge is 0.128 e. The van der Waals surface area contributed by atoms with Crippen molar-refractivity contribution in [3.63, 3.8) is 0 Å². The number of methoxy groups -OCH3 is 1. The average molecular weight is 352 g/mol. The maximum absolute atomic E-state index is 14.4. The molecule has 0 saturated carbocycles. The average Bonchev–Trinajstić information content (AvgIpc) is 2.45. The van der Waals surface area contributed by atoms with Crippen molar-refractivity contribution in [3.05, 3.63) is 63.4 Å². The molecule has 0 bridgehead atoms. The number of benzene rings is 2. The minimum absolute atomic E-state index is 0.206. The van der Waals surface area contributed by atoms with Gasteiger partial charge in [0.1, 0.15) is 11.6 Å². The van der Waals surface area contributed by atoms with Crippen molar-refractivity contribution >= 4 is 15.9 Å². The van der Waals surface area contributed by atoms with E-state index >= 15 is 0 Å². The quantitative estimate of drug-likeness (QED) is 0.849. The topological polar surface area (TPSA) is 21.3 Å². The first-order chi connectivity index (χ1) is 10.1. The number of rotatable bonds is 5. The molecule has 0 radical (unpaired) electrons. The van der Waals surface area contributed by atoms with Gasteiger partial charge in [0, 0.05) is 15.6 Å². The largest absolute Gasteiger partial charge is 0.496 e. The molecule has 0 aliphatic heterocycles. The SMILES string of the molecule is CCNC(c1ccc(C)cc1F)c1cc(Br)ccc1OC. The van der Waals surface area contributed by atoms with Crippen LogP contribution in [0, 0.1) is 12.7 Å². The first kappa shape index (κ1) is 16.0. The normalized spacial score (nSPS) is 12.2. The van der Waals surface area contributed by atoms with Gasteiger partial charge in [-0.25, -0.2) is 4.39 Å². The first-order valence-corrected chi connectivity index (χ1v) is 7.69. The third kappa shape index (κ3) is 3.63. The van der Waals surface area contributed by atoms with Crippen LogP contribution in [0.3, 0.4) is 0 Å². The summed E-state index contributed by atoms with van der Waals surface area (Å²) in [5, 5.41) is 3.34. The standard InChI is InChI=1S/C17H19BrFNO/c1-4-20-17(13-7-5-11(2)9-15(13)19)14-10-12(18)6-8-16(14)21-3/h5-10,17,20H,4H2,1-3H3. The van der Waals surface area contributed by atoms with Gasteiger partial charge in [0.05, 0.1) is 13.2 Å². The molecule has 0 saturated heterocycles. The third-order valence-corrected chi connectivity index (χ3v) is 3.87. The van der Waals surface area contributed by atoms with Crippen molar-refractivity contribution in [1.29, 1.82) is 0 Å². The fourth-order valence-corrected chi connectivity index (χ4v) is 2.77. The molecular formula is C17H19BrFNO. The fourth-order valence-electron chi connectivity index (χ4n) is 2.39. The van der Waals surface area contributed by atoms with E-state index < -0.39 is 0 Å². The van der Waals surface area contributed by atoms with Crippen molar-refractivity contribution in [1.82, 2.24) is 5.32 Å². The summed E-state index contributed by atoms with van der Waals surface area (Å²) in [6, 6.07) is 10.8. The molecule has 0 aromatic heterocycles. The van der Waals surface area contributed by atoms with Crippen LogP contribution in [0.25, 0.3) is 0 Å². The molecule has 0 aliphatic rings. The lowest BCUT2D eigenvalue weighted by Crippen LogP contribution is -2.23. The molecule has 1 atom stereocenters. The number of hydrogen-bond acceptors (Lipinski definition) is 2. The zero-order valence-corrected chi connectivity index (χ0v) is 14.0. The summed E-state index contributed by atoms with van der Waals surface area (Å²) in [5.74, 6) is 0.534. The predicted octanol–water partition coefficient (Wildman–Crippen LogP) is 4.60. The number of hydrogen-bond donors (Lipinski definition) is 1. The molecule has 4 heteroatoms. The highest BCUT2D eigenvalue weighted by molar-refractivity contribution is 9.10. The number of ether oxygens (including phenoxy) is 1. The van der Waals surface area contributed by atoms with Gasteiger partial charge in [-0.1, -0.05) is 35.0 Å². The monoisotopic (exact) mass is 351 g/mol. The molecule has 112 valence electrons. The highest BCUT2D eigenvalue weighted by Gasteiger charge is 2.21. The van der Waals surface area contributed by atoms with Crippen LogP contribution in [0.4, 0.5) is 4.39 Å². The molecule has 0 heterocycles. The van der Waals surface area contributed by atoms with Crippen LogP contribution in [-0.2, 0) is 0 Å². The van der Waals surface area contributed by atoms with Gasteiger partial charge in [-0.3, -0.25) is 0 Å². The van der Waals surface area contributed by atoms with Crippen molar-refractivity contribution in [2.24, 2.45) is 0 Å². The molecule has 1 unspecified atom stereocenters. The molecule has 2 rings (SSSR count). The number of aryl methyl sites for hydroxylation is 1. The Kier molecular flexibility index (Phi) is 5.37. The summed E-state index contributed by atoms with van der Waals surface area (Å²) in [4.78, 5) is 0. The number of halogens is 2. The van der Waals surface area contributed by atoms with Crippen molar-refractivity contribution in [3.8, 4) is 5.75 Å². The van der Waals surface area contributed by atoms with Crippen molar-refractivity contribution in [2.45, 2.75) is 19.9 Å².